The number of aliphatic hydroxyl groups is 1. The second-order valence-electron chi connectivity index (χ2n) is 8.67. The van der Waals surface area contributed by atoms with Crippen LogP contribution in [0.25, 0.3) is 10.8 Å². The molecule has 0 fully saturated rings. The summed E-state index contributed by atoms with van der Waals surface area (Å²) in [7, 11) is -1.85. The first-order valence-corrected chi connectivity index (χ1v) is 12.6. The van der Waals surface area contributed by atoms with Crippen LogP contribution in [0.15, 0.2) is 59.5 Å². The normalized spacial score (nSPS) is 12.3. The Bertz CT molecular complexity index is 1260. The molecule has 1 unspecified atom stereocenters. The Balaban J connectivity index is 2.04. The molecule has 35 heavy (non-hydrogen) atoms. The second-order valence-corrected chi connectivity index (χ2v) is 11.0. The summed E-state index contributed by atoms with van der Waals surface area (Å²) in [5.74, 6) is -0.878. The maximum Gasteiger partial charge on any atom is 0.327 e. The predicted molar refractivity (Wildman–Crippen MR) is 139 cm³/mol. The summed E-state index contributed by atoms with van der Waals surface area (Å²) >= 11 is 12.2. The molecule has 0 aliphatic heterocycles. The van der Waals surface area contributed by atoms with Gasteiger partial charge in [-0.15, -0.1) is 0 Å². The summed E-state index contributed by atoms with van der Waals surface area (Å²) in [6, 6.07) is 14.9. The zero-order valence-corrected chi connectivity index (χ0v) is 21.8. The molecule has 0 saturated heterocycles. The topological polar surface area (TPSA) is 95.9 Å². The van der Waals surface area contributed by atoms with Crippen molar-refractivity contribution >= 4 is 62.5 Å². The van der Waals surface area contributed by atoms with Gasteiger partial charge in [0.2, 0.25) is 0 Å². The van der Waals surface area contributed by atoms with Crippen molar-refractivity contribution in [3.05, 3.63) is 70.2 Å². The fourth-order valence-corrected chi connectivity index (χ4v) is 5.28. The molecule has 186 valence electrons. The van der Waals surface area contributed by atoms with Crippen molar-refractivity contribution < 1.29 is 23.6 Å². The molecule has 3 aromatic rings. The number of carbonyl (C=O) groups is 2. The number of ether oxygens (including phenoxy) is 1. The fourth-order valence-electron chi connectivity index (χ4n) is 3.38. The molecule has 1 amide bonds. The minimum Gasteiger partial charge on any atom is -0.459 e. The molecule has 10 heteroatoms. The first kappa shape index (κ1) is 26.9. The van der Waals surface area contributed by atoms with Crippen LogP contribution < -0.4 is 9.62 Å². The molecule has 0 aliphatic carbocycles. The van der Waals surface area contributed by atoms with E-state index in [0.29, 0.717) is 37.0 Å². The molecule has 0 heterocycles. The van der Waals surface area contributed by atoms with E-state index in [9.17, 15) is 13.8 Å². The third kappa shape index (κ3) is 7.18. The van der Waals surface area contributed by atoms with E-state index in [0.717, 1.165) is 0 Å². The van der Waals surface area contributed by atoms with Crippen molar-refractivity contribution in [2.45, 2.75) is 31.3 Å². The number of aliphatic hydroxyl groups excluding tert-OH is 1. The van der Waals surface area contributed by atoms with Crippen molar-refractivity contribution in [3.8, 4) is 0 Å². The van der Waals surface area contributed by atoms with Crippen LogP contribution in [0.3, 0.4) is 0 Å². The molecule has 2 N–H and O–H groups in total. The molecule has 3 aromatic carbocycles. The summed E-state index contributed by atoms with van der Waals surface area (Å²) in [6.45, 7) is 4.93. The summed E-state index contributed by atoms with van der Waals surface area (Å²) in [5.41, 5.74) is 0.193. The van der Waals surface area contributed by atoms with Crippen molar-refractivity contribution in [1.82, 2.24) is 5.32 Å². The first-order valence-electron chi connectivity index (χ1n) is 10.8. The van der Waals surface area contributed by atoms with E-state index in [1.807, 2.05) is 6.07 Å². The quantitative estimate of drug-likeness (QED) is 0.405. The maximum absolute atomic E-state index is 13.6. The van der Waals surface area contributed by atoms with E-state index < -0.39 is 22.6 Å². The Labute approximate surface area is 216 Å². The number of anilines is 1. The Morgan fingerprint density at radius 1 is 1.06 bits per heavy atom. The van der Waals surface area contributed by atoms with Crippen molar-refractivity contribution in [2.24, 2.45) is 0 Å². The van der Waals surface area contributed by atoms with Gasteiger partial charge >= 0.3 is 5.97 Å². The van der Waals surface area contributed by atoms with Gasteiger partial charge in [0.15, 0.2) is 11.0 Å². The van der Waals surface area contributed by atoms with Crippen LogP contribution in [0.4, 0.5) is 5.69 Å². The molecule has 0 spiro atoms. The second kappa shape index (κ2) is 11.4. The van der Waals surface area contributed by atoms with Crippen LogP contribution in [0.5, 0.6) is 0 Å². The lowest BCUT2D eigenvalue weighted by molar-refractivity contribution is -0.152. The molecule has 7 nitrogen and oxygen atoms in total. The standard InChI is InChI=1S/C25H26Cl2N2O5S/c1-25(2,3)34-23(31)15-29(35(33)20-13-17(26)12-18(27)14-20)19-7-8-21-16(11-19)5-4-6-22(21)24(32)28-9-10-30/h4-8,11-14,30H,9-10,15H2,1-3H3,(H,28,32). The van der Waals surface area contributed by atoms with Crippen LogP contribution in [-0.2, 0) is 20.5 Å². The number of esters is 1. The van der Waals surface area contributed by atoms with Gasteiger partial charge in [-0.05, 0) is 67.9 Å². The number of hydrogen-bond acceptors (Lipinski definition) is 5. The van der Waals surface area contributed by atoms with Crippen molar-refractivity contribution in [3.63, 3.8) is 0 Å². The summed E-state index contributed by atoms with van der Waals surface area (Å²) in [4.78, 5) is 25.5. The molecule has 0 saturated carbocycles. The number of hydrogen-bond donors (Lipinski definition) is 2. The number of nitrogens with one attached hydrogen (secondary N) is 1. The highest BCUT2D eigenvalue weighted by molar-refractivity contribution is 7.86. The number of halogens is 2. The predicted octanol–water partition coefficient (Wildman–Crippen LogP) is 4.74. The van der Waals surface area contributed by atoms with Gasteiger partial charge in [-0.25, -0.2) is 4.21 Å². The Kier molecular flexibility index (Phi) is 8.77. The minimum atomic E-state index is -1.85. The van der Waals surface area contributed by atoms with E-state index in [2.05, 4.69) is 5.32 Å². The lowest BCUT2D eigenvalue weighted by atomic mass is 10.0. The van der Waals surface area contributed by atoms with Gasteiger partial charge in [0.05, 0.1) is 17.2 Å². The average Bonchev–Trinajstić information content (AvgIpc) is 2.78. The van der Waals surface area contributed by atoms with Crippen LogP contribution in [0.1, 0.15) is 31.1 Å². The van der Waals surface area contributed by atoms with Gasteiger partial charge in [-0.3, -0.25) is 13.9 Å². The zero-order valence-electron chi connectivity index (χ0n) is 19.5. The van der Waals surface area contributed by atoms with Crippen LogP contribution in [0, 0.1) is 0 Å². The Morgan fingerprint density at radius 3 is 2.37 bits per heavy atom. The van der Waals surface area contributed by atoms with E-state index in [1.54, 1.807) is 51.1 Å². The molecular formula is C25H26Cl2N2O5S. The van der Waals surface area contributed by atoms with Gasteiger partial charge in [-0.2, -0.15) is 0 Å². The summed E-state index contributed by atoms with van der Waals surface area (Å²) in [5, 5.41) is 13.6. The maximum atomic E-state index is 13.6. The highest BCUT2D eigenvalue weighted by Crippen LogP contribution is 2.29. The van der Waals surface area contributed by atoms with Gasteiger partial charge in [-0.1, -0.05) is 41.4 Å². The Hall–Kier alpha value is -2.65. The minimum absolute atomic E-state index is 0.137. The van der Waals surface area contributed by atoms with Crippen LogP contribution >= 0.6 is 23.2 Å². The fraction of sp³-hybridized carbons (Fsp3) is 0.280. The number of nitrogens with zero attached hydrogens (tertiary/aromatic N) is 1. The molecule has 0 bridgehead atoms. The number of benzene rings is 3. The lowest BCUT2D eigenvalue weighted by Crippen LogP contribution is -2.36. The van der Waals surface area contributed by atoms with Crippen molar-refractivity contribution in [2.75, 3.05) is 24.0 Å². The third-order valence-corrected chi connectivity index (χ3v) is 6.54. The largest absolute Gasteiger partial charge is 0.459 e. The number of fused-ring (bicyclic) bond motifs is 1. The molecule has 1 atom stereocenters. The van der Waals surface area contributed by atoms with Gasteiger partial charge in [0, 0.05) is 22.2 Å². The number of rotatable bonds is 8. The van der Waals surface area contributed by atoms with Crippen LogP contribution in [0.2, 0.25) is 10.0 Å². The molecule has 0 aromatic heterocycles. The van der Waals surface area contributed by atoms with Crippen LogP contribution in [-0.4, -0.2) is 46.5 Å². The van der Waals surface area contributed by atoms with Gasteiger partial charge in [0.25, 0.3) is 5.91 Å². The Morgan fingerprint density at radius 2 is 1.74 bits per heavy atom. The zero-order chi connectivity index (χ0) is 25.8. The monoisotopic (exact) mass is 536 g/mol. The summed E-state index contributed by atoms with van der Waals surface area (Å²) in [6.07, 6.45) is 0. The molecule has 0 radical (unpaired) electrons. The van der Waals surface area contributed by atoms with Gasteiger partial charge in [0.1, 0.15) is 12.1 Å². The molecule has 3 rings (SSSR count). The van der Waals surface area contributed by atoms with E-state index in [4.69, 9.17) is 33.0 Å². The SMILES string of the molecule is CC(C)(C)OC(=O)CN(c1ccc2c(C(=O)NCCO)cccc2c1)S(=O)c1cc(Cl)cc(Cl)c1. The smallest absolute Gasteiger partial charge is 0.327 e. The first-order chi connectivity index (χ1) is 16.5. The molecule has 0 aliphatic rings. The highest BCUT2D eigenvalue weighted by Gasteiger charge is 2.25. The van der Waals surface area contributed by atoms with E-state index >= 15 is 0 Å². The average molecular weight is 537 g/mol. The lowest BCUT2D eigenvalue weighted by Gasteiger charge is -2.26. The number of amides is 1. The van der Waals surface area contributed by atoms with Crippen molar-refractivity contribution in [1.29, 1.82) is 0 Å². The summed E-state index contributed by atoms with van der Waals surface area (Å²) < 4.78 is 20.5. The van der Waals surface area contributed by atoms with E-state index in [-0.39, 0.29) is 25.6 Å². The van der Waals surface area contributed by atoms with E-state index in [1.165, 1.54) is 22.5 Å². The van der Waals surface area contributed by atoms with Gasteiger partial charge < -0.3 is 15.2 Å². The highest BCUT2D eigenvalue weighted by atomic mass is 35.5. The third-order valence-electron chi connectivity index (χ3n) is 4.72. The number of carbonyl (C=O) groups excluding carboxylic acids is 2. The molecular weight excluding hydrogens is 511 g/mol.